The Hall–Kier alpha value is -1.32. The number of benzene rings is 1. The molecular weight excluding hydrogens is 257 g/mol. The zero-order chi connectivity index (χ0) is 12.4. The molecule has 0 spiro atoms. The highest BCUT2D eigenvalue weighted by molar-refractivity contribution is 6.36. The van der Waals surface area contributed by atoms with Gasteiger partial charge >= 0.3 is 0 Å². The van der Waals surface area contributed by atoms with Gasteiger partial charge in [-0.25, -0.2) is 0 Å². The predicted octanol–water partition coefficient (Wildman–Crippen LogP) is 3.26. The SMILES string of the molecule is Cc1nnc(N)cc1Cc1c(Cl)cccc1Cl. The fourth-order valence-electron chi connectivity index (χ4n) is 1.58. The van der Waals surface area contributed by atoms with Crippen LogP contribution in [0.5, 0.6) is 0 Å². The van der Waals surface area contributed by atoms with E-state index in [4.69, 9.17) is 28.9 Å². The van der Waals surface area contributed by atoms with Crippen LogP contribution in [0.2, 0.25) is 10.0 Å². The van der Waals surface area contributed by atoms with Crippen molar-refractivity contribution in [3.8, 4) is 0 Å². The lowest BCUT2D eigenvalue weighted by molar-refractivity contribution is 0.951. The standard InChI is InChI=1S/C12H11Cl2N3/c1-7-8(6-12(15)17-16-7)5-9-10(13)3-2-4-11(9)14/h2-4,6H,5H2,1H3,(H2,15,17). The molecule has 2 rings (SSSR count). The van der Waals surface area contributed by atoms with E-state index in [1.807, 2.05) is 25.1 Å². The average molecular weight is 268 g/mol. The van der Waals surface area contributed by atoms with Crippen LogP contribution in [-0.2, 0) is 6.42 Å². The maximum atomic E-state index is 6.12. The van der Waals surface area contributed by atoms with Gasteiger partial charge in [-0.3, -0.25) is 0 Å². The number of rotatable bonds is 2. The number of aryl methyl sites for hydroxylation is 1. The van der Waals surface area contributed by atoms with Gasteiger partial charge in [-0.2, -0.15) is 5.10 Å². The van der Waals surface area contributed by atoms with Crippen molar-refractivity contribution in [3.63, 3.8) is 0 Å². The molecule has 0 radical (unpaired) electrons. The second kappa shape index (κ2) is 4.90. The van der Waals surface area contributed by atoms with Crippen LogP contribution in [0.1, 0.15) is 16.8 Å². The van der Waals surface area contributed by atoms with Crippen LogP contribution in [0.3, 0.4) is 0 Å². The lowest BCUT2D eigenvalue weighted by Crippen LogP contribution is -2.01. The van der Waals surface area contributed by atoms with Crippen LogP contribution in [0.4, 0.5) is 5.82 Å². The Kier molecular flexibility index (Phi) is 3.50. The summed E-state index contributed by atoms with van der Waals surface area (Å²) in [6.07, 6.45) is 0.601. The minimum absolute atomic E-state index is 0.397. The molecule has 1 aromatic carbocycles. The molecule has 0 aliphatic carbocycles. The molecule has 0 fully saturated rings. The summed E-state index contributed by atoms with van der Waals surface area (Å²) in [5.41, 5.74) is 8.31. The van der Waals surface area contributed by atoms with E-state index in [1.165, 1.54) is 0 Å². The first-order chi connectivity index (χ1) is 8.08. The smallest absolute Gasteiger partial charge is 0.146 e. The second-order valence-corrected chi connectivity index (χ2v) is 4.57. The fourth-order valence-corrected chi connectivity index (χ4v) is 2.11. The van der Waals surface area contributed by atoms with Crippen LogP contribution in [-0.4, -0.2) is 10.2 Å². The molecule has 0 bridgehead atoms. The van der Waals surface area contributed by atoms with E-state index in [2.05, 4.69) is 10.2 Å². The van der Waals surface area contributed by atoms with Crippen molar-refractivity contribution in [2.24, 2.45) is 0 Å². The van der Waals surface area contributed by atoms with Crippen LogP contribution in [0.15, 0.2) is 24.3 Å². The molecule has 1 aromatic heterocycles. The molecule has 0 aliphatic heterocycles. The van der Waals surface area contributed by atoms with Crippen molar-refractivity contribution in [1.82, 2.24) is 10.2 Å². The summed E-state index contributed by atoms with van der Waals surface area (Å²) in [4.78, 5) is 0. The molecule has 17 heavy (non-hydrogen) atoms. The molecular formula is C12H11Cl2N3. The Bertz CT molecular complexity index is 535. The van der Waals surface area contributed by atoms with E-state index in [0.717, 1.165) is 16.8 Å². The monoisotopic (exact) mass is 267 g/mol. The number of nitrogens with zero attached hydrogens (tertiary/aromatic N) is 2. The highest BCUT2D eigenvalue weighted by Crippen LogP contribution is 2.27. The van der Waals surface area contributed by atoms with E-state index < -0.39 is 0 Å². The number of anilines is 1. The molecule has 0 unspecified atom stereocenters. The van der Waals surface area contributed by atoms with Gasteiger partial charge < -0.3 is 5.73 Å². The van der Waals surface area contributed by atoms with Crippen molar-refractivity contribution in [1.29, 1.82) is 0 Å². The number of hydrogen-bond donors (Lipinski definition) is 1. The lowest BCUT2D eigenvalue weighted by atomic mass is 10.0. The summed E-state index contributed by atoms with van der Waals surface area (Å²) in [5.74, 6) is 0.397. The molecule has 0 aliphatic rings. The molecule has 5 heteroatoms. The van der Waals surface area contributed by atoms with Crippen LogP contribution in [0, 0.1) is 6.92 Å². The Morgan fingerprint density at radius 3 is 2.47 bits per heavy atom. The Morgan fingerprint density at radius 1 is 1.18 bits per heavy atom. The van der Waals surface area contributed by atoms with E-state index >= 15 is 0 Å². The molecule has 1 heterocycles. The van der Waals surface area contributed by atoms with Gasteiger partial charge in [0.25, 0.3) is 0 Å². The summed E-state index contributed by atoms with van der Waals surface area (Å²) >= 11 is 12.2. The van der Waals surface area contributed by atoms with Gasteiger partial charge in [0.1, 0.15) is 5.82 Å². The van der Waals surface area contributed by atoms with E-state index in [-0.39, 0.29) is 0 Å². The minimum Gasteiger partial charge on any atom is -0.382 e. The summed E-state index contributed by atoms with van der Waals surface area (Å²) in [6.45, 7) is 1.88. The van der Waals surface area contributed by atoms with Crippen molar-refractivity contribution >= 4 is 29.0 Å². The number of hydrogen-bond acceptors (Lipinski definition) is 3. The highest BCUT2D eigenvalue weighted by atomic mass is 35.5. The topological polar surface area (TPSA) is 51.8 Å². The van der Waals surface area contributed by atoms with Gasteiger partial charge in [0.2, 0.25) is 0 Å². The molecule has 2 N–H and O–H groups in total. The number of halogens is 2. The third-order valence-electron chi connectivity index (χ3n) is 2.53. The van der Waals surface area contributed by atoms with Gasteiger partial charge in [0.05, 0.1) is 5.69 Å². The average Bonchev–Trinajstić information content (AvgIpc) is 2.28. The lowest BCUT2D eigenvalue weighted by Gasteiger charge is -2.08. The van der Waals surface area contributed by atoms with E-state index in [0.29, 0.717) is 22.3 Å². The fraction of sp³-hybridized carbons (Fsp3) is 0.167. The van der Waals surface area contributed by atoms with Gasteiger partial charge in [0, 0.05) is 16.5 Å². The number of nitrogens with two attached hydrogens (primary N) is 1. The van der Waals surface area contributed by atoms with Crippen LogP contribution >= 0.6 is 23.2 Å². The quantitative estimate of drug-likeness (QED) is 0.909. The summed E-state index contributed by atoms with van der Waals surface area (Å²) < 4.78 is 0. The van der Waals surface area contributed by atoms with Gasteiger partial charge in [0.15, 0.2) is 0 Å². The van der Waals surface area contributed by atoms with E-state index in [9.17, 15) is 0 Å². The third-order valence-corrected chi connectivity index (χ3v) is 3.24. The summed E-state index contributed by atoms with van der Waals surface area (Å²) in [5, 5.41) is 9.05. The summed E-state index contributed by atoms with van der Waals surface area (Å²) in [6, 6.07) is 7.24. The Morgan fingerprint density at radius 2 is 1.82 bits per heavy atom. The summed E-state index contributed by atoms with van der Waals surface area (Å²) in [7, 11) is 0. The van der Waals surface area contributed by atoms with Crippen molar-refractivity contribution in [3.05, 3.63) is 51.1 Å². The van der Waals surface area contributed by atoms with Crippen LogP contribution < -0.4 is 5.73 Å². The minimum atomic E-state index is 0.397. The molecule has 0 atom stereocenters. The number of aromatic nitrogens is 2. The molecule has 2 aromatic rings. The number of nitrogen functional groups attached to an aromatic ring is 1. The first-order valence-corrected chi connectivity index (χ1v) is 5.85. The highest BCUT2D eigenvalue weighted by Gasteiger charge is 2.09. The molecule has 3 nitrogen and oxygen atoms in total. The van der Waals surface area contributed by atoms with E-state index in [1.54, 1.807) is 6.07 Å². The first-order valence-electron chi connectivity index (χ1n) is 5.09. The van der Waals surface area contributed by atoms with Crippen LogP contribution in [0.25, 0.3) is 0 Å². The van der Waals surface area contributed by atoms with Crippen molar-refractivity contribution in [2.45, 2.75) is 13.3 Å². The zero-order valence-electron chi connectivity index (χ0n) is 9.24. The second-order valence-electron chi connectivity index (χ2n) is 3.76. The normalized spacial score (nSPS) is 10.5. The van der Waals surface area contributed by atoms with Gasteiger partial charge in [-0.1, -0.05) is 29.3 Å². The Labute approximate surface area is 110 Å². The van der Waals surface area contributed by atoms with Gasteiger partial charge in [-0.15, -0.1) is 5.10 Å². The zero-order valence-corrected chi connectivity index (χ0v) is 10.8. The largest absolute Gasteiger partial charge is 0.382 e. The Balaban J connectivity index is 2.41. The maximum Gasteiger partial charge on any atom is 0.146 e. The molecule has 88 valence electrons. The predicted molar refractivity (Wildman–Crippen MR) is 70.4 cm³/mol. The molecule has 0 amide bonds. The van der Waals surface area contributed by atoms with Gasteiger partial charge in [-0.05, 0) is 36.2 Å². The maximum absolute atomic E-state index is 6.12. The van der Waals surface area contributed by atoms with Crippen molar-refractivity contribution < 1.29 is 0 Å². The third kappa shape index (κ3) is 2.68. The molecule has 0 saturated carbocycles. The first kappa shape index (κ1) is 12.1. The van der Waals surface area contributed by atoms with Crippen molar-refractivity contribution in [2.75, 3.05) is 5.73 Å². The molecule has 0 saturated heterocycles.